The molecule has 0 amide bonds. The van der Waals surface area contributed by atoms with Gasteiger partial charge in [-0.2, -0.15) is 5.10 Å². The van der Waals surface area contributed by atoms with E-state index in [9.17, 15) is 4.79 Å². The molecular formula is C4H5N3OS. The number of aryl methyl sites for hydroxylation is 1. The Morgan fingerprint density at radius 1 is 1.67 bits per heavy atom. The van der Waals surface area contributed by atoms with Crippen molar-refractivity contribution in [2.45, 2.75) is 6.92 Å². The van der Waals surface area contributed by atoms with Crippen molar-refractivity contribution in [1.29, 1.82) is 0 Å². The molecule has 2 N–H and O–H groups in total. The summed E-state index contributed by atoms with van der Waals surface area (Å²) in [6.45, 7) is 1.72. The van der Waals surface area contributed by atoms with E-state index in [0.29, 0.717) is 10.3 Å². The van der Waals surface area contributed by atoms with Crippen LogP contribution < -0.4 is 5.69 Å². The summed E-state index contributed by atoms with van der Waals surface area (Å²) < 4.78 is 0.388. The van der Waals surface area contributed by atoms with Crippen molar-refractivity contribution in [2.24, 2.45) is 0 Å². The Morgan fingerprint density at radius 3 is 2.78 bits per heavy atom. The van der Waals surface area contributed by atoms with E-state index < -0.39 is 0 Å². The highest BCUT2D eigenvalue weighted by molar-refractivity contribution is 7.71. The van der Waals surface area contributed by atoms with E-state index in [0.717, 1.165) is 0 Å². The van der Waals surface area contributed by atoms with Crippen LogP contribution in [0.4, 0.5) is 0 Å². The summed E-state index contributed by atoms with van der Waals surface area (Å²) in [5.41, 5.74) is 0.259. The monoisotopic (exact) mass is 143 g/mol. The van der Waals surface area contributed by atoms with Crippen LogP contribution in [0, 0.1) is 11.6 Å². The first kappa shape index (κ1) is 6.15. The third-order valence-electron chi connectivity index (χ3n) is 0.881. The Hall–Kier alpha value is -0.970. The van der Waals surface area contributed by atoms with Crippen molar-refractivity contribution >= 4 is 12.2 Å². The minimum absolute atomic E-state index is 0.370. The quantitative estimate of drug-likeness (QED) is 0.508. The summed E-state index contributed by atoms with van der Waals surface area (Å²) in [6, 6.07) is 0. The van der Waals surface area contributed by atoms with Gasteiger partial charge in [0.1, 0.15) is 4.64 Å². The number of nitrogens with zero attached hydrogens (tertiary/aromatic N) is 1. The number of hydrogen-bond acceptors (Lipinski definition) is 3. The smallest absolute Gasteiger partial charge is 0.296 e. The number of H-pyrrole nitrogens is 2. The normalized spacial score (nSPS) is 9.44. The minimum atomic E-state index is -0.370. The molecule has 0 saturated heterocycles. The largest absolute Gasteiger partial charge is 0.340 e. The van der Waals surface area contributed by atoms with Crippen molar-refractivity contribution in [1.82, 2.24) is 15.2 Å². The van der Waals surface area contributed by atoms with Crippen molar-refractivity contribution < 1.29 is 0 Å². The Labute approximate surface area is 55.9 Å². The number of hydrogen-bond donors (Lipinski definition) is 2. The Kier molecular flexibility index (Phi) is 1.44. The lowest BCUT2D eigenvalue weighted by molar-refractivity contribution is 0.869. The predicted octanol–water partition coefficient (Wildman–Crippen LogP) is 0.136. The van der Waals surface area contributed by atoms with Crippen LogP contribution in [-0.2, 0) is 0 Å². The average Bonchev–Trinajstić information content (AvgIpc) is 1.80. The summed E-state index contributed by atoms with van der Waals surface area (Å²) >= 11 is 4.70. The maximum Gasteiger partial charge on any atom is 0.340 e. The molecule has 0 atom stereocenters. The van der Waals surface area contributed by atoms with E-state index in [2.05, 4.69) is 15.2 Å². The summed E-state index contributed by atoms with van der Waals surface area (Å²) in [7, 11) is 0. The fourth-order valence-corrected chi connectivity index (χ4v) is 0.545. The van der Waals surface area contributed by atoms with Crippen LogP contribution in [0.1, 0.15) is 5.69 Å². The second-order valence-corrected chi connectivity index (χ2v) is 2.00. The molecule has 9 heavy (non-hydrogen) atoms. The van der Waals surface area contributed by atoms with E-state index in [-0.39, 0.29) is 5.69 Å². The minimum Gasteiger partial charge on any atom is -0.296 e. The lowest BCUT2D eigenvalue weighted by Crippen LogP contribution is -2.12. The highest BCUT2D eigenvalue weighted by atomic mass is 32.1. The van der Waals surface area contributed by atoms with E-state index in [1.807, 2.05) is 0 Å². The van der Waals surface area contributed by atoms with E-state index in [1.165, 1.54) is 0 Å². The van der Waals surface area contributed by atoms with Gasteiger partial charge in [0.15, 0.2) is 0 Å². The molecule has 0 bridgehead atoms. The second kappa shape index (κ2) is 2.10. The molecule has 0 saturated carbocycles. The van der Waals surface area contributed by atoms with E-state index >= 15 is 0 Å². The first-order chi connectivity index (χ1) is 4.20. The van der Waals surface area contributed by atoms with Crippen LogP contribution in [0.15, 0.2) is 4.79 Å². The standard InChI is InChI=1S/C4H5N3OS/c1-2-3(9)5-4(8)7-6-2/h1H3,(H2,5,7,8,9). The lowest BCUT2D eigenvalue weighted by Gasteiger charge is -1.86. The van der Waals surface area contributed by atoms with Gasteiger partial charge in [-0.15, -0.1) is 0 Å². The number of nitrogens with one attached hydrogen (secondary N) is 2. The molecule has 4 nitrogen and oxygen atoms in total. The molecule has 0 aliphatic carbocycles. The number of rotatable bonds is 0. The van der Waals surface area contributed by atoms with Gasteiger partial charge in [0.25, 0.3) is 0 Å². The zero-order chi connectivity index (χ0) is 6.85. The van der Waals surface area contributed by atoms with Crippen LogP contribution in [0.2, 0.25) is 0 Å². The molecule has 48 valence electrons. The SMILES string of the molecule is Cc1n[nH]c(=O)[nH]c1=S. The van der Waals surface area contributed by atoms with Crippen molar-refractivity contribution in [3.8, 4) is 0 Å². The van der Waals surface area contributed by atoms with Crippen LogP contribution in [0.3, 0.4) is 0 Å². The van der Waals surface area contributed by atoms with Gasteiger partial charge in [0.05, 0.1) is 5.69 Å². The van der Waals surface area contributed by atoms with E-state index in [1.54, 1.807) is 6.92 Å². The van der Waals surface area contributed by atoms with Gasteiger partial charge in [-0.1, -0.05) is 12.2 Å². The molecule has 0 aromatic carbocycles. The van der Waals surface area contributed by atoms with Crippen molar-refractivity contribution in [3.05, 3.63) is 20.8 Å². The molecule has 0 fully saturated rings. The molecule has 0 aliphatic rings. The van der Waals surface area contributed by atoms with Crippen LogP contribution in [-0.4, -0.2) is 15.2 Å². The maximum atomic E-state index is 10.4. The van der Waals surface area contributed by atoms with E-state index in [4.69, 9.17) is 12.2 Å². The second-order valence-electron chi connectivity index (χ2n) is 1.59. The van der Waals surface area contributed by atoms with Gasteiger partial charge >= 0.3 is 5.69 Å². The van der Waals surface area contributed by atoms with Gasteiger partial charge in [-0.3, -0.25) is 4.98 Å². The van der Waals surface area contributed by atoms with Crippen LogP contribution >= 0.6 is 12.2 Å². The summed E-state index contributed by atoms with van der Waals surface area (Å²) in [6.07, 6.45) is 0. The summed E-state index contributed by atoms with van der Waals surface area (Å²) in [5.74, 6) is 0. The number of aromatic nitrogens is 3. The maximum absolute atomic E-state index is 10.4. The van der Waals surface area contributed by atoms with Gasteiger partial charge in [0, 0.05) is 0 Å². The van der Waals surface area contributed by atoms with Crippen LogP contribution in [0.5, 0.6) is 0 Å². The molecule has 0 spiro atoms. The fourth-order valence-electron chi connectivity index (χ4n) is 0.407. The fraction of sp³-hybridized carbons (Fsp3) is 0.250. The first-order valence-corrected chi connectivity index (χ1v) is 2.76. The highest BCUT2D eigenvalue weighted by Crippen LogP contribution is 1.83. The zero-order valence-electron chi connectivity index (χ0n) is 4.76. The molecule has 0 aliphatic heterocycles. The molecule has 0 unspecified atom stereocenters. The summed E-state index contributed by atoms with van der Waals surface area (Å²) in [4.78, 5) is 12.8. The van der Waals surface area contributed by atoms with Crippen molar-refractivity contribution in [2.75, 3.05) is 0 Å². The third kappa shape index (κ3) is 1.23. The Morgan fingerprint density at radius 2 is 2.33 bits per heavy atom. The molecule has 1 aromatic rings. The molecule has 1 rings (SSSR count). The first-order valence-electron chi connectivity index (χ1n) is 2.36. The molecule has 5 heteroatoms. The molecule has 1 aromatic heterocycles. The van der Waals surface area contributed by atoms with Crippen LogP contribution in [0.25, 0.3) is 0 Å². The van der Waals surface area contributed by atoms with Gasteiger partial charge < -0.3 is 0 Å². The number of aromatic amines is 2. The zero-order valence-corrected chi connectivity index (χ0v) is 5.58. The predicted molar refractivity (Wildman–Crippen MR) is 34.8 cm³/mol. The topological polar surface area (TPSA) is 61.5 Å². The van der Waals surface area contributed by atoms with Crippen molar-refractivity contribution in [3.63, 3.8) is 0 Å². The van der Waals surface area contributed by atoms with Gasteiger partial charge in [-0.25, -0.2) is 9.89 Å². The Balaban J connectivity index is 3.52. The van der Waals surface area contributed by atoms with Gasteiger partial charge in [-0.05, 0) is 6.92 Å². The molecule has 1 heterocycles. The van der Waals surface area contributed by atoms with Gasteiger partial charge in [0.2, 0.25) is 0 Å². The molecule has 0 radical (unpaired) electrons. The Bertz CT molecular complexity index is 312. The highest BCUT2D eigenvalue weighted by Gasteiger charge is 1.86. The third-order valence-corrected chi connectivity index (χ3v) is 1.28. The average molecular weight is 143 g/mol. The lowest BCUT2D eigenvalue weighted by atomic mass is 10.6. The summed E-state index contributed by atoms with van der Waals surface area (Å²) in [5, 5.41) is 5.82. The molecular weight excluding hydrogens is 138 g/mol.